The fourth-order valence-electron chi connectivity index (χ4n) is 1.36. The second-order valence-electron chi connectivity index (χ2n) is 3.47. The number of nitrogen functional groups attached to an aromatic ring is 1. The number of hydrogen-bond acceptors (Lipinski definition) is 3. The number of rotatable bonds is 1. The summed E-state index contributed by atoms with van der Waals surface area (Å²) in [7, 11) is 0. The standard InChI is InChI=1S/C12H10BrFN4/c13-11-10(15)5-6-16-7-17-18-12(11)8-1-3-9(14)4-2-8/h1-7,18H,15H2. The summed E-state index contributed by atoms with van der Waals surface area (Å²) < 4.78 is 13.5. The van der Waals surface area contributed by atoms with Crippen LogP contribution in [-0.4, -0.2) is 15.2 Å². The highest BCUT2D eigenvalue weighted by Crippen LogP contribution is 2.28. The SMILES string of the molecule is Nc1ccncn[nH]c(-c2ccc(F)cc2)c1Br. The van der Waals surface area contributed by atoms with Gasteiger partial charge in [-0.2, -0.15) is 5.10 Å². The third kappa shape index (κ3) is 2.84. The molecule has 0 saturated heterocycles. The number of aromatic nitrogens is 3. The number of nitrogens with one attached hydrogen (secondary N) is 1. The van der Waals surface area contributed by atoms with E-state index in [1.807, 2.05) is 0 Å². The van der Waals surface area contributed by atoms with Crippen molar-refractivity contribution in [3.05, 3.63) is 53.1 Å². The van der Waals surface area contributed by atoms with Gasteiger partial charge < -0.3 is 5.73 Å². The Kier molecular flexibility index (Phi) is 3.88. The van der Waals surface area contributed by atoms with Crippen LogP contribution in [-0.2, 0) is 0 Å². The van der Waals surface area contributed by atoms with Gasteiger partial charge in [0.2, 0.25) is 0 Å². The molecule has 0 bridgehead atoms. The zero-order valence-electron chi connectivity index (χ0n) is 9.27. The van der Waals surface area contributed by atoms with Crippen LogP contribution >= 0.6 is 15.9 Å². The molecule has 0 radical (unpaired) electrons. The van der Waals surface area contributed by atoms with Gasteiger partial charge in [-0.3, -0.25) is 5.10 Å². The number of halogens is 2. The monoisotopic (exact) mass is 308 g/mol. The summed E-state index contributed by atoms with van der Waals surface area (Å²) in [6.45, 7) is 0. The van der Waals surface area contributed by atoms with Crippen LogP contribution in [0.5, 0.6) is 0 Å². The third-order valence-electron chi connectivity index (χ3n) is 2.25. The molecule has 2 rings (SSSR count). The first-order valence-corrected chi connectivity index (χ1v) is 5.90. The van der Waals surface area contributed by atoms with E-state index >= 15 is 0 Å². The maximum atomic E-state index is 12.9. The molecule has 18 heavy (non-hydrogen) atoms. The number of hydrogen-bond donors (Lipinski definition) is 2. The third-order valence-corrected chi connectivity index (χ3v) is 3.10. The van der Waals surface area contributed by atoms with Gasteiger partial charge in [0.15, 0.2) is 0 Å². The van der Waals surface area contributed by atoms with E-state index in [1.54, 1.807) is 18.2 Å². The Bertz CT molecular complexity index is 593. The van der Waals surface area contributed by atoms with Gasteiger partial charge in [0.1, 0.15) is 12.1 Å². The van der Waals surface area contributed by atoms with Crippen LogP contribution in [0.1, 0.15) is 0 Å². The summed E-state index contributed by atoms with van der Waals surface area (Å²) in [4.78, 5) is 3.87. The van der Waals surface area contributed by atoms with E-state index in [4.69, 9.17) is 5.73 Å². The molecule has 0 atom stereocenters. The van der Waals surface area contributed by atoms with Crippen molar-refractivity contribution in [3.8, 4) is 11.3 Å². The molecule has 0 amide bonds. The maximum absolute atomic E-state index is 12.9. The molecule has 1 aromatic heterocycles. The first-order chi connectivity index (χ1) is 8.68. The van der Waals surface area contributed by atoms with E-state index < -0.39 is 0 Å². The van der Waals surface area contributed by atoms with Gasteiger partial charge >= 0.3 is 0 Å². The lowest BCUT2D eigenvalue weighted by Gasteiger charge is -2.03. The molecular weight excluding hydrogens is 299 g/mol. The predicted octanol–water partition coefficient (Wildman–Crippen LogP) is 3.08. The van der Waals surface area contributed by atoms with Crippen LogP contribution in [0, 0.1) is 5.82 Å². The second-order valence-corrected chi connectivity index (χ2v) is 4.27. The van der Waals surface area contributed by atoms with Crippen molar-refractivity contribution in [2.75, 3.05) is 5.73 Å². The molecule has 2 aromatic rings. The topological polar surface area (TPSA) is 67.6 Å². The van der Waals surface area contributed by atoms with Crippen LogP contribution in [0.2, 0.25) is 0 Å². The highest BCUT2D eigenvalue weighted by Gasteiger charge is 2.04. The predicted molar refractivity (Wildman–Crippen MR) is 71.5 cm³/mol. The molecule has 1 heterocycles. The van der Waals surface area contributed by atoms with Crippen molar-refractivity contribution in [1.29, 1.82) is 0 Å². The van der Waals surface area contributed by atoms with E-state index in [2.05, 4.69) is 31.1 Å². The van der Waals surface area contributed by atoms with Gasteiger partial charge in [-0.25, -0.2) is 9.37 Å². The molecule has 0 aliphatic heterocycles. The molecule has 0 spiro atoms. The molecule has 0 aliphatic rings. The minimum Gasteiger partial charge on any atom is -0.398 e. The number of benzene rings is 1. The summed E-state index contributed by atoms with van der Waals surface area (Å²) in [6.07, 6.45) is 2.90. The summed E-state index contributed by atoms with van der Waals surface area (Å²) in [5.74, 6) is -0.297. The van der Waals surface area contributed by atoms with Crippen molar-refractivity contribution in [1.82, 2.24) is 15.2 Å². The number of nitrogens with two attached hydrogens (primary N) is 1. The van der Waals surface area contributed by atoms with Crippen molar-refractivity contribution < 1.29 is 4.39 Å². The minimum absolute atomic E-state index is 0.297. The van der Waals surface area contributed by atoms with Crippen molar-refractivity contribution >= 4 is 21.6 Å². The highest BCUT2D eigenvalue weighted by atomic mass is 79.9. The first-order valence-electron chi connectivity index (χ1n) is 5.11. The maximum Gasteiger partial charge on any atom is 0.135 e. The number of anilines is 1. The number of aromatic amines is 1. The fourth-order valence-corrected chi connectivity index (χ4v) is 1.81. The molecule has 4 nitrogen and oxygen atoms in total. The lowest BCUT2D eigenvalue weighted by atomic mass is 10.1. The van der Waals surface area contributed by atoms with E-state index in [1.165, 1.54) is 24.7 Å². The van der Waals surface area contributed by atoms with Crippen LogP contribution < -0.4 is 5.73 Å². The lowest BCUT2D eigenvalue weighted by Crippen LogP contribution is -1.89. The molecule has 3 N–H and O–H groups in total. The van der Waals surface area contributed by atoms with Gasteiger partial charge in [0, 0.05) is 17.4 Å². The highest BCUT2D eigenvalue weighted by molar-refractivity contribution is 9.10. The van der Waals surface area contributed by atoms with Gasteiger partial charge in [0.25, 0.3) is 0 Å². The lowest BCUT2D eigenvalue weighted by molar-refractivity contribution is 0.628. The largest absolute Gasteiger partial charge is 0.398 e. The Balaban J connectivity index is 2.67. The molecule has 6 heteroatoms. The van der Waals surface area contributed by atoms with Gasteiger partial charge in [-0.05, 0) is 46.3 Å². The van der Waals surface area contributed by atoms with Crippen molar-refractivity contribution in [3.63, 3.8) is 0 Å². The quantitative estimate of drug-likeness (QED) is 0.850. The van der Waals surface area contributed by atoms with E-state index in [9.17, 15) is 4.39 Å². The normalized spacial score (nSPS) is 9.89. The number of H-pyrrole nitrogens is 1. The van der Waals surface area contributed by atoms with Gasteiger partial charge in [0.05, 0.1) is 10.2 Å². The minimum atomic E-state index is -0.297. The Morgan fingerprint density at radius 3 is 2.61 bits per heavy atom. The van der Waals surface area contributed by atoms with E-state index in [0.29, 0.717) is 15.9 Å². The fraction of sp³-hybridized carbons (Fsp3) is 0. The Hall–Kier alpha value is -1.95. The summed E-state index contributed by atoms with van der Waals surface area (Å²) in [6, 6.07) is 7.67. The van der Waals surface area contributed by atoms with Crippen LogP contribution in [0.3, 0.4) is 0 Å². The zero-order valence-corrected chi connectivity index (χ0v) is 10.9. The smallest absolute Gasteiger partial charge is 0.135 e. The molecule has 0 saturated carbocycles. The Labute approximate surface area is 112 Å². The molecular formula is C12H10BrFN4. The van der Waals surface area contributed by atoms with Crippen molar-refractivity contribution in [2.45, 2.75) is 0 Å². The van der Waals surface area contributed by atoms with Crippen LogP contribution in [0.4, 0.5) is 10.1 Å². The molecule has 92 valence electrons. The van der Waals surface area contributed by atoms with Gasteiger partial charge in [-0.15, -0.1) is 0 Å². The van der Waals surface area contributed by atoms with E-state index in [-0.39, 0.29) is 5.82 Å². The van der Waals surface area contributed by atoms with Crippen molar-refractivity contribution in [2.24, 2.45) is 0 Å². The second kappa shape index (κ2) is 5.59. The molecule has 0 unspecified atom stereocenters. The zero-order chi connectivity index (χ0) is 13.0. The molecule has 1 aromatic carbocycles. The summed E-state index contributed by atoms with van der Waals surface area (Å²) in [5.41, 5.74) is 7.77. The Morgan fingerprint density at radius 1 is 1.17 bits per heavy atom. The summed E-state index contributed by atoms with van der Waals surface area (Å²) >= 11 is 3.39. The van der Waals surface area contributed by atoms with Gasteiger partial charge in [-0.1, -0.05) is 0 Å². The first kappa shape index (κ1) is 12.5. The molecule has 0 fully saturated rings. The average Bonchev–Trinajstić information content (AvgIpc) is 2.45. The molecule has 0 aliphatic carbocycles. The summed E-state index contributed by atoms with van der Waals surface area (Å²) in [5, 5.41) is 6.74. The van der Waals surface area contributed by atoms with E-state index in [0.717, 1.165) is 5.56 Å². The van der Waals surface area contributed by atoms with Crippen LogP contribution in [0.25, 0.3) is 11.3 Å². The van der Waals surface area contributed by atoms with Crippen LogP contribution in [0.15, 0.2) is 47.3 Å². The number of nitrogens with zero attached hydrogens (tertiary/aromatic N) is 2. The Morgan fingerprint density at radius 2 is 1.89 bits per heavy atom. The average molecular weight is 309 g/mol.